The van der Waals surface area contributed by atoms with Gasteiger partial charge in [0.15, 0.2) is 0 Å². The number of thioether (sulfide) groups is 1. The first kappa shape index (κ1) is 32.3. The van der Waals surface area contributed by atoms with E-state index in [1.165, 1.54) is 23.0 Å². The molecule has 0 bridgehead atoms. The van der Waals surface area contributed by atoms with Crippen LogP contribution in [0, 0.1) is 0 Å². The van der Waals surface area contributed by atoms with Gasteiger partial charge in [0, 0.05) is 11.1 Å². The van der Waals surface area contributed by atoms with Gasteiger partial charge < -0.3 is 50.5 Å². The van der Waals surface area contributed by atoms with E-state index in [-0.39, 0.29) is 5.75 Å². The highest BCUT2D eigenvalue weighted by molar-refractivity contribution is 8.00. The van der Waals surface area contributed by atoms with Gasteiger partial charge in [-0.3, -0.25) is 4.79 Å². The number of aromatic nitrogens is 3. The number of ether oxygens (including phenoxy) is 2. The lowest BCUT2D eigenvalue weighted by molar-refractivity contribution is -0.184. The second kappa shape index (κ2) is 13.6. The number of carbonyl (C=O) groups is 1. The van der Waals surface area contributed by atoms with Gasteiger partial charge >= 0.3 is 0 Å². The van der Waals surface area contributed by atoms with Gasteiger partial charge in [-0.25, -0.2) is 4.68 Å². The molecule has 14 nitrogen and oxygen atoms in total. The summed E-state index contributed by atoms with van der Waals surface area (Å²) in [7, 11) is 0. The second-order valence-electron chi connectivity index (χ2n) is 11.2. The van der Waals surface area contributed by atoms with Crippen LogP contribution in [0.5, 0.6) is 5.75 Å². The van der Waals surface area contributed by atoms with Crippen molar-refractivity contribution in [2.45, 2.75) is 59.6 Å². The van der Waals surface area contributed by atoms with Gasteiger partial charge in [0.1, 0.15) is 65.0 Å². The summed E-state index contributed by atoms with van der Waals surface area (Å²) in [5.74, 6) is -0.554. The maximum atomic E-state index is 13.2. The number of benzene rings is 3. The molecular formula is C31H34N4O10S. The number of phenols is 1. The van der Waals surface area contributed by atoms with E-state index in [0.29, 0.717) is 16.8 Å². The van der Waals surface area contributed by atoms with Crippen molar-refractivity contribution in [1.82, 2.24) is 20.3 Å². The first-order valence-corrected chi connectivity index (χ1v) is 15.5. The molecule has 46 heavy (non-hydrogen) atoms. The van der Waals surface area contributed by atoms with Crippen molar-refractivity contribution in [3.8, 4) is 17.0 Å². The number of rotatable bonds is 8. The second-order valence-corrected chi connectivity index (χ2v) is 12.4. The summed E-state index contributed by atoms with van der Waals surface area (Å²) < 4.78 is 12.8. The number of nitrogens with one attached hydrogen (secondary N) is 1. The third kappa shape index (κ3) is 6.33. The Labute approximate surface area is 266 Å². The van der Waals surface area contributed by atoms with E-state index in [4.69, 9.17) is 9.47 Å². The molecule has 2 saturated heterocycles. The first-order valence-electron chi connectivity index (χ1n) is 14.6. The molecule has 0 saturated carbocycles. The Morgan fingerprint density at radius 3 is 2.24 bits per heavy atom. The highest BCUT2D eigenvalue weighted by Gasteiger charge is 2.51. The van der Waals surface area contributed by atoms with Crippen LogP contribution in [0.25, 0.3) is 22.0 Å². The van der Waals surface area contributed by atoms with Crippen molar-refractivity contribution < 1.29 is 50.0 Å². The molecule has 0 spiro atoms. The van der Waals surface area contributed by atoms with Gasteiger partial charge in [-0.15, -0.1) is 5.10 Å². The molecule has 6 rings (SSSR count). The van der Waals surface area contributed by atoms with Gasteiger partial charge in [-0.1, -0.05) is 59.4 Å². The Balaban J connectivity index is 1.21. The molecule has 2 aliphatic heterocycles. The fourth-order valence-corrected chi connectivity index (χ4v) is 7.11. The van der Waals surface area contributed by atoms with Gasteiger partial charge in [0.25, 0.3) is 5.91 Å². The van der Waals surface area contributed by atoms with Crippen molar-refractivity contribution in [3.63, 3.8) is 0 Å². The SMILES string of the molecule is O=C(NC1C(O)[C@H](S[C@@H]2OC(CO)[C@H](O)C(n3cc(-c4cccc(O)c4)nn3)C2O)OC(CO)[C@@H]1O)c1ccc2ccccc2c1. The number of aliphatic hydroxyl groups is 6. The molecule has 3 heterocycles. The molecule has 4 aromatic rings. The molecule has 1 amide bonds. The molecular weight excluding hydrogens is 620 g/mol. The van der Waals surface area contributed by atoms with Crippen LogP contribution in [0.3, 0.4) is 0 Å². The van der Waals surface area contributed by atoms with Crippen molar-refractivity contribution in [1.29, 1.82) is 0 Å². The van der Waals surface area contributed by atoms with Crippen LogP contribution in [-0.2, 0) is 9.47 Å². The molecule has 0 aliphatic carbocycles. The molecule has 10 atom stereocenters. The highest BCUT2D eigenvalue weighted by atomic mass is 32.2. The fraction of sp³-hybridized carbons (Fsp3) is 0.387. The largest absolute Gasteiger partial charge is 0.508 e. The summed E-state index contributed by atoms with van der Waals surface area (Å²) in [5.41, 5.74) is -1.28. The zero-order chi connectivity index (χ0) is 32.5. The Morgan fingerprint density at radius 1 is 0.826 bits per heavy atom. The topological polar surface area (TPSA) is 220 Å². The van der Waals surface area contributed by atoms with Gasteiger partial charge in [0.05, 0.1) is 25.5 Å². The quantitative estimate of drug-likeness (QED) is 0.123. The molecule has 15 heteroatoms. The minimum atomic E-state index is -1.54. The standard InChI is InChI=1S/C31H34N4O10S/c36-13-21-25(39)23(32-29(43)18-9-8-15-4-1-2-5-16(15)10-18)27(41)30(44-21)46-31-28(42)24(26(40)22(14-37)45-31)35-12-20(33-34-35)17-6-3-7-19(38)11-17/h1-12,21-28,30-31,36-42H,13-14H2,(H,32,43)/t21?,22?,23?,24?,25-,26-,27?,28?,30-,31-/m0/s1. The number of nitrogens with zero attached hydrogens (tertiary/aromatic N) is 3. The highest BCUT2D eigenvalue weighted by Crippen LogP contribution is 2.40. The molecule has 0 radical (unpaired) electrons. The maximum absolute atomic E-state index is 13.2. The van der Waals surface area contributed by atoms with Crippen LogP contribution in [0.4, 0.5) is 0 Å². The summed E-state index contributed by atoms with van der Waals surface area (Å²) in [6.45, 7) is -1.26. The smallest absolute Gasteiger partial charge is 0.251 e. The lowest BCUT2D eigenvalue weighted by Gasteiger charge is -2.46. The molecule has 3 aromatic carbocycles. The van der Waals surface area contributed by atoms with Crippen LogP contribution in [-0.4, -0.2) is 123 Å². The Morgan fingerprint density at radius 2 is 1.52 bits per heavy atom. The van der Waals surface area contributed by atoms with Crippen LogP contribution in [0.15, 0.2) is 72.9 Å². The van der Waals surface area contributed by atoms with E-state index in [1.807, 2.05) is 24.3 Å². The number of hydrogen-bond acceptors (Lipinski definition) is 13. The molecule has 2 fully saturated rings. The number of fused-ring (bicyclic) bond motifs is 1. The Hall–Kier alpha value is -3.64. The zero-order valence-corrected chi connectivity index (χ0v) is 25.0. The number of aromatic hydroxyl groups is 1. The Bertz CT molecular complexity index is 1680. The maximum Gasteiger partial charge on any atom is 0.251 e. The predicted molar refractivity (Wildman–Crippen MR) is 164 cm³/mol. The summed E-state index contributed by atoms with van der Waals surface area (Å²) in [5, 5.41) is 87.0. The van der Waals surface area contributed by atoms with Gasteiger partial charge in [0.2, 0.25) is 0 Å². The fourth-order valence-electron chi connectivity index (χ4n) is 5.78. The van der Waals surface area contributed by atoms with Crippen molar-refractivity contribution >= 4 is 28.4 Å². The van der Waals surface area contributed by atoms with E-state index in [9.17, 15) is 40.5 Å². The lowest BCUT2D eigenvalue weighted by Crippen LogP contribution is -2.64. The van der Waals surface area contributed by atoms with Gasteiger partial charge in [-0.2, -0.15) is 0 Å². The summed E-state index contributed by atoms with van der Waals surface area (Å²) >= 11 is 0.797. The number of aliphatic hydroxyl groups excluding tert-OH is 6. The number of hydrogen-bond donors (Lipinski definition) is 8. The molecule has 8 N–H and O–H groups in total. The molecule has 2 aliphatic rings. The monoisotopic (exact) mass is 654 g/mol. The molecule has 6 unspecified atom stereocenters. The molecule has 244 valence electrons. The third-order valence-corrected chi connectivity index (χ3v) is 9.58. The van der Waals surface area contributed by atoms with Crippen LogP contribution >= 0.6 is 11.8 Å². The molecule has 1 aromatic heterocycles. The number of carbonyl (C=O) groups excluding carboxylic acids is 1. The van der Waals surface area contributed by atoms with E-state index >= 15 is 0 Å². The predicted octanol–water partition coefficient (Wildman–Crippen LogP) is -0.245. The minimum Gasteiger partial charge on any atom is -0.508 e. The minimum absolute atomic E-state index is 0.0130. The average molecular weight is 655 g/mol. The summed E-state index contributed by atoms with van der Waals surface area (Å²) in [6.07, 6.45) is -6.85. The van der Waals surface area contributed by atoms with Crippen molar-refractivity contribution in [2.24, 2.45) is 0 Å². The van der Waals surface area contributed by atoms with E-state index in [2.05, 4.69) is 15.6 Å². The average Bonchev–Trinajstić information content (AvgIpc) is 3.55. The van der Waals surface area contributed by atoms with Gasteiger partial charge in [-0.05, 0) is 35.0 Å². The third-order valence-electron chi connectivity index (χ3n) is 8.27. The first-order chi connectivity index (χ1) is 22.2. The van der Waals surface area contributed by atoms with Crippen LogP contribution < -0.4 is 5.32 Å². The lowest BCUT2D eigenvalue weighted by atomic mass is 9.96. The number of amides is 1. The number of phenolic OH excluding ortho intramolecular Hbond substituents is 1. The Kier molecular flexibility index (Phi) is 9.56. The summed E-state index contributed by atoms with van der Waals surface area (Å²) in [4.78, 5) is 13.2. The van der Waals surface area contributed by atoms with E-state index < -0.39 is 78.7 Å². The van der Waals surface area contributed by atoms with E-state index in [0.717, 1.165) is 22.5 Å². The van der Waals surface area contributed by atoms with E-state index in [1.54, 1.807) is 30.3 Å². The zero-order valence-electron chi connectivity index (χ0n) is 24.2. The normalized spacial score (nSPS) is 31.5. The van der Waals surface area contributed by atoms with Crippen molar-refractivity contribution in [2.75, 3.05) is 13.2 Å². The van der Waals surface area contributed by atoms with Crippen LogP contribution in [0.2, 0.25) is 0 Å². The summed E-state index contributed by atoms with van der Waals surface area (Å²) in [6, 6.07) is 16.4. The van der Waals surface area contributed by atoms with Crippen molar-refractivity contribution in [3.05, 3.63) is 78.5 Å². The van der Waals surface area contributed by atoms with Crippen LogP contribution in [0.1, 0.15) is 16.4 Å².